The molecule has 7 amide bonds. The molecule has 0 saturated carbocycles. The molecule has 0 bridgehead atoms. The van der Waals surface area contributed by atoms with Gasteiger partial charge in [-0.05, 0) is 218 Å². The molecule has 0 radical (unpaired) electrons. The second-order valence-electron chi connectivity index (χ2n) is 36.1. The number of halogens is 13. The molecule has 5 aromatic carbocycles. The summed E-state index contributed by atoms with van der Waals surface area (Å²) in [5, 5.41) is 16.1. The number of benzene rings is 5. The standard InChI is InChI=1S/C28H30ClF3N6O3.C20H26ClN5O2.C13H18Cl2N4O2.C11H16N2O2.C10H19NO2.C8H4F3NO.C4HCl3N2/c1-27(2,3)41-26(40)35-22-10-5-4-7-18(22)15-23-33-17-21(29)24(36-23)37-11-13-38(14-12-37)25(39)34-20-9-6-8-19(16-20)28(30,31)32;1-20(2,3)28-19(27)24-16-7-5-4-6-14(16)12-17-23-13-15(21)18(25-17)26-10-8-22-9-11-26;1-13(2,3)21-12(20)19-6-4-18(5-7-19)10-9(14)8-16-11(15)17-10;1-11(2,3)15-10(14)13-9-7-5-4-6-8(9)12;1-10(2,3)13-9(12)11-7-5-4-6-8-11;9-8(10,11)6-2-1-3-7(4-6)12-5-13;5-2-1-8-4(7)9-3(2)6/h4-10,16-17H,11-15H2,1-3H3,(H,34,39)(H,35,40);4-7,13,22H,8-12H2,1-3H3,(H,24,27);8H,4-7H2,1-3H3;4-7H,12H2,1-3H3,(H,13,14);4-8H2,1-3H3;1-4H;1H. The molecular weight excluding hydrogens is 1980 g/mol. The van der Waals surface area contributed by atoms with Crippen molar-refractivity contribution in [3.8, 4) is 0 Å². The van der Waals surface area contributed by atoms with Crippen LogP contribution in [0.15, 0.2) is 151 Å². The third-order valence-electron chi connectivity index (χ3n) is 18.8. The van der Waals surface area contributed by atoms with Gasteiger partial charge < -0.3 is 69.5 Å². The lowest BCUT2D eigenvalue weighted by molar-refractivity contribution is -0.138. The van der Waals surface area contributed by atoms with E-state index in [1.54, 1.807) is 93.9 Å². The Kier molecular flexibility index (Phi) is 43.7. The Labute approximate surface area is 844 Å². The summed E-state index contributed by atoms with van der Waals surface area (Å²) in [5.74, 6) is 2.99. The molecular formula is C94H114Cl7F6N21O12. The van der Waals surface area contributed by atoms with Crippen molar-refractivity contribution in [3.63, 3.8) is 0 Å². The molecule has 8 heterocycles. The third kappa shape index (κ3) is 41.9. The molecule has 9 aromatic rings. The lowest BCUT2D eigenvalue weighted by atomic mass is 10.1. The Balaban J connectivity index is 0.000000236. The lowest BCUT2D eigenvalue weighted by Gasteiger charge is -2.36. The number of hydrogen-bond donors (Lipinski definition) is 6. The Morgan fingerprint density at radius 1 is 0.407 bits per heavy atom. The minimum Gasteiger partial charge on any atom is -0.444 e. The van der Waals surface area contributed by atoms with E-state index in [0.717, 1.165) is 93.3 Å². The van der Waals surface area contributed by atoms with Gasteiger partial charge in [-0.15, -0.1) is 0 Å². The number of piperazine rings is 3. The summed E-state index contributed by atoms with van der Waals surface area (Å²) in [6, 6.07) is 30.0. The number of alkyl halides is 6. The number of amides is 7. The van der Waals surface area contributed by atoms with Gasteiger partial charge in [-0.1, -0.05) is 119 Å². The van der Waals surface area contributed by atoms with Gasteiger partial charge in [0.05, 0.1) is 58.0 Å². The first kappa shape index (κ1) is 115. The van der Waals surface area contributed by atoms with Crippen LogP contribution in [0, 0.1) is 0 Å². The summed E-state index contributed by atoms with van der Waals surface area (Å²) >= 11 is 40.9. The van der Waals surface area contributed by atoms with Gasteiger partial charge in [0.2, 0.25) is 16.6 Å². The molecule has 4 aliphatic heterocycles. The van der Waals surface area contributed by atoms with Crippen molar-refractivity contribution in [2.75, 3.05) is 133 Å². The second kappa shape index (κ2) is 53.2. The fourth-order valence-electron chi connectivity index (χ4n) is 12.7. The van der Waals surface area contributed by atoms with Gasteiger partial charge in [0.25, 0.3) is 0 Å². The summed E-state index contributed by atoms with van der Waals surface area (Å²) in [4.78, 5) is 129. The summed E-state index contributed by atoms with van der Waals surface area (Å²) < 4.78 is 102. The third-order valence-corrected chi connectivity index (χ3v) is 20.7. The number of isocyanates is 1. The highest BCUT2D eigenvalue weighted by Crippen LogP contribution is 2.35. The number of aromatic nitrogens is 8. The predicted octanol–water partition coefficient (Wildman–Crippen LogP) is 22.9. The molecule has 0 unspecified atom stereocenters. The Morgan fingerprint density at radius 2 is 0.779 bits per heavy atom. The van der Waals surface area contributed by atoms with E-state index in [1.807, 2.05) is 109 Å². The van der Waals surface area contributed by atoms with Crippen LogP contribution in [0.5, 0.6) is 0 Å². The zero-order valence-electron chi connectivity index (χ0n) is 79.9. The van der Waals surface area contributed by atoms with Gasteiger partial charge in [-0.3, -0.25) is 16.0 Å². The van der Waals surface area contributed by atoms with Crippen molar-refractivity contribution >= 4 is 175 Å². The minimum atomic E-state index is -4.50. The van der Waals surface area contributed by atoms with Gasteiger partial charge in [0.15, 0.2) is 22.6 Å². The SMILES string of the molecule is CC(C)(C)OC(=O)N1CCCCC1.CC(C)(C)OC(=O)N1CCN(c2nc(Cl)ncc2Cl)CC1.CC(C)(C)OC(=O)Nc1ccccc1Cc1ncc(Cl)c(N2CCN(C(=O)Nc3cccc(C(F)(F)F)c3)CC2)n1.CC(C)(C)OC(=O)Nc1ccccc1Cc1ncc(Cl)c(N2CCNCC2)n1.CC(C)(C)OC(=O)Nc1ccccc1N.Clc1ncc(Cl)c(Cl)n1.O=C=Nc1cccc(C(F)(F)F)c1. The van der Waals surface area contributed by atoms with E-state index in [1.165, 1.54) is 60.3 Å². The summed E-state index contributed by atoms with van der Waals surface area (Å²) in [6.45, 7) is 36.5. The maximum Gasteiger partial charge on any atom is 0.416 e. The first-order valence-corrected chi connectivity index (χ1v) is 46.6. The first-order valence-electron chi connectivity index (χ1n) is 43.9. The Morgan fingerprint density at radius 3 is 1.20 bits per heavy atom. The van der Waals surface area contributed by atoms with E-state index in [4.69, 9.17) is 111 Å². The van der Waals surface area contributed by atoms with Crippen LogP contribution >= 0.6 is 81.2 Å². The maximum atomic E-state index is 13.0. The van der Waals surface area contributed by atoms with Crippen LogP contribution in [0.25, 0.3) is 0 Å². The van der Waals surface area contributed by atoms with Crippen LogP contribution in [0.3, 0.4) is 0 Å². The molecule has 4 saturated heterocycles. The van der Waals surface area contributed by atoms with Crippen molar-refractivity contribution in [3.05, 3.63) is 216 Å². The molecule has 4 aliphatic rings. The average molecular weight is 2090 g/mol. The number of rotatable bonds is 12. The average Bonchev–Trinajstić information content (AvgIpc) is 0.841. The molecule has 0 aliphatic carbocycles. The molecule has 7 N–H and O–H groups in total. The number of hydrogen-bond acceptors (Lipinski definition) is 26. The number of urea groups is 1. The highest BCUT2D eigenvalue weighted by Gasteiger charge is 2.34. The summed E-state index contributed by atoms with van der Waals surface area (Å²) in [7, 11) is 0. The maximum absolute atomic E-state index is 13.0. The summed E-state index contributed by atoms with van der Waals surface area (Å²) in [6.07, 6.45) is 0.469. The lowest BCUT2D eigenvalue weighted by Crippen LogP contribution is -2.50. The smallest absolute Gasteiger partial charge is 0.416 e. The van der Waals surface area contributed by atoms with Gasteiger partial charge in [-0.25, -0.2) is 68.4 Å². The fourth-order valence-corrected chi connectivity index (χ4v) is 13.8. The van der Waals surface area contributed by atoms with E-state index >= 15 is 0 Å². The van der Waals surface area contributed by atoms with Crippen molar-refractivity contribution in [1.29, 1.82) is 0 Å². The quantitative estimate of drug-likeness (QED) is 0.0126. The number of nitrogens with two attached hydrogens (primary N) is 1. The minimum absolute atomic E-state index is 0.0511. The van der Waals surface area contributed by atoms with Crippen molar-refractivity contribution in [2.45, 2.75) is 176 Å². The van der Waals surface area contributed by atoms with Crippen LogP contribution < -0.4 is 47.0 Å². The number of carbonyl (C=O) groups is 6. The molecule has 4 aromatic heterocycles. The normalized spacial score (nSPS) is 13.9. The number of piperidine rings is 1. The van der Waals surface area contributed by atoms with Crippen molar-refractivity contribution in [1.82, 2.24) is 59.9 Å². The largest absolute Gasteiger partial charge is 0.444 e. The van der Waals surface area contributed by atoms with Crippen molar-refractivity contribution in [2.24, 2.45) is 4.99 Å². The van der Waals surface area contributed by atoms with Crippen LogP contribution in [-0.4, -0.2) is 217 Å². The monoisotopic (exact) mass is 2090 g/mol. The van der Waals surface area contributed by atoms with Crippen LogP contribution in [0.2, 0.25) is 35.8 Å². The number of anilines is 8. The van der Waals surface area contributed by atoms with E-state index in [-0.39, 0.29) is 44.9 Å². The molecule has 33 nitrogen and oxygen atoms in total. The highest BCUT2D eigenvalue weighted by molar-refractivity contribution is 6.41. The topological polar surface area (TPSA) is 387 Å². The number of nitrogens with one attached hydrogen (secondary N) is 5. The molecule has 46 heteroatoms. The molecule has 758 valence electrons. The molecule has 4 fully saturated rings. The number of aliphatic imine (C=N–C) groups is 1. The van der Waals surface area contributed by atoms with Gasteiger partial charge in [0.1, 0.15) is 54.7 Å². The number of ether oxygens (including phenoxy) is 5. The number of nitrogens with zero attached hydrogens (tertiary/aromatic N) is 15. The van der Waals surface area contributed by atoms with Crippen LogP contribution in [0.1, 0.15) is 157 Å². The second-order valence-corrected chi connectivity index (χ2v) is 38.8. The number of likely N-dealkylation sites (tertiary alicyclic amines) is 1. The summed E-state index contributed by atoms with van der Waals surface area (Å²) in [5.41, 5.74) is 5.46. The van der Waals surface area contributed by atoms with Crippen LogP contribution in [0.4, 0.5) is 107 Å². The van der Waals surface area contributed by atoms with Crippen LogP contribution in [-0.2, 0) is 53.7 Å². The zero-order chi connectivity index (χ0) is 104. The zero-order valence-corrected chi connectivity index (χ0v) is 85.2. The van der Waals surface area contributed by atoms with Crippen molar-refractivity contribution < 1.29 is 83.6 Å². The first-order chi connectivity index (χ1) is 65.5. The highest BCUT2D eigenvalue weighted by atomic mass is 35.5. The number of nitrogen functional groups attached to an aromatic ring is 1. The van der Waals surface area contributed by atoms with Gasteiger partial charge >= 0.3 is 48.8 Å². The molecule has 13 rings (SSSR count). The van der Waals surface area contributed by atoms with Gasteiger partial charge in [-0.2, -0.15) is 36.3 Å². The number of carbonyl (C=O) groups excluding carboxylic acids is 7. The predicted molar refractivity (Wildman–Crippen MR) is 532 cm³/mol. The molecule has 0 spiro atoms. The Bertz CT molecular complexity index is 5660. The molecule has 0 atom stereocenters. The van der Waals surface area contributed by atoms with E-state index in [2.05, 4.69) is 76.3 Å². The van der Waals surface area contributed by atoms with E-state index in [0.29, 0.717) is 131 Å². The molecule has 140 heavy (non-hydrogen) atoms. The van der Waals surface area contributed by atoms with Gasteiger partial charge in [0, 0.05) is 122 Å². The van der Waals surface area contributed by atoms with E-state index < -0.39 is 70.2 Å². The number of para-hydroxylation sites is 4. The fraction of sp³-hybridized carbons (Fsp3) is 0.436. The Hall–Kier alpha value is -11.8. The van der Waals surface area contributed by atoms with E-state index in [9.17, 15) is 59.9 Å².